The Morgan fingerprint density at radius 2 is 1.47 bits per heavy atom. The molecule has 6 nitrogen and oxygen atoms in total. The van der Waals surface area contributed by atoms with Gasteiger partial charge in [-0.1, -0.05) is 66.7 Å². The second-order valence-corrected chi connectivity index (χ2v) is 10.4. The van der Waals surface area contributed by atoms with E-state index in [0.717, 1.165) is 38.4 Å². The Morgan fingerprint density at radius 3 is 2.15 bits per heavy atom. The Kier molecular flexibility index (Phi) is 5.83. The molecular formula is C26H19N3O3S2. The minimum atomic E-state index is -3.79. The molecule has 0 saturated heterocycles. The molecule has 0 saturated carbocycles. The lowest BCUT2D eigenvalue weighted by atomic mass is 9.97. The highest BCUT2D eigenvalue weighted by molar-refractivity contribution is 7.94. The lowest BCUT2D eigenvalue weighted by molar-refractivity contribution is 0.0956. The molecule has 1 heterocycles. The van der Waals surface area contributed by atoms with Gasteiger partial charge in [-0.2, -0.15) is 5.10 Å². The van der Waals surface area contributed by atoms with Crippen LogP contribution in [0.3, 0.4) is 0 Å². The molecule has 168 valence electrons. The molecule has 0 aliphatic carbocycles. The Hall–Kier alpha value is -4.01. The number of anilines is 1. The molecule has 0 unspecified atom stereocenters. The molecule has 34 heavy (non-hydrogen) atoms. The Bertz CT molecular complexity index is 1590. The van der Waals surface area contributed by atoms with E-state index in [1.54, 1.807) is 41.9 Å². The average molecular weight is 486 g/mol. The van der Waals surface area contributed by atoms with Gasteiger partial charge in [0.05, 0.1) is 17.5 Å². The number of sulfonamides is 1. The molecule has 5 aromatic rings. The fourth-order valence-electron chi connectivity index (χ4n) is 3.79. The van der Waals surface area contributed by atoms with Gasteiger partial charge in [-0.25, -0.2) is 13.8 Å². The summed E-state index contributed by atoms with van der Waals surface area (Å²) in [6.45, 7) is 0. The van der Waals surface area contributed by atoms with E-state index in [1.807, 2.05) is 48.5 Å². The van der Waals surface area contributed by atoms with Crippen molar-refractivity contribution in [3.05, 3.63) is 108 Å². The zero-order chi connectivity index (χ0) is 23.5. The minimum absolute atomic E-state index is 0.169. The average Bonchev–Trinajstić information content (AvgIpc) is 3.40. The molecule has 0 spiro atoms. The molecule has 1 amide bonds. The number of amides is 1. The van der Waals surface area contributed by atoms with E-state index >= 15 is 0 Å². The van der Waals surface area contributed by atoms with Crippen LogP contribution in [0.4, 0.5) is 5.69 Å². The fraction of sp³-hybridized carbons (Fsp3) is 0. The van der Waals surface area contributed by atoms with Crippen molar-refractivity contribution in [2.45, 2.75) is 4.21 Å². The van der Waals surface area contributed by atoms with Gasteiger partial charge in [-0.15, -0.1) is 11.3 Å². The van der Waals surface area contributed by atoms with Crippen molar-refractivity contribution in [1.29, 1.82) is 0 Å². The van der Waals surface area contributed by atoms with Gasteiger partial charge in [0.25, 0.3) is 15.9 Å². The smallest absolute Gasteiger partial charge is 0.273 e. The van der Waals surface area contributed by atoms with E-state index in [4.69, 9.17) is 0 Å². The maximum Gasteiger partial charge on any atom is 0.273 e. The van der Waals surface area contributed by atoms with Gasteiger partial charge in [-0.05, 0) is 51.2 Å². The molecule has 8 heteroatoms. The predicted molar refractivity (Wildman–Crippen MR) is 138 cm³/mol. The zero-order valence-corrected chi connectivity index (χ0v) is 19.4. The highest BCUT2D eigenvalue weighted by atomic mass is 32.2. The summed E-state index contributed by atoms with van der Waals surface area (Å²) in [4.78, 5) is 12.9. The molecule has 0 bridgehead atoms. The fourth-order valence-corrected chi connectivity index (χ4v) is 5.86. The molecule has 0 fully saturated rings. The summed E-state index contributed by atoms with van der Waals surface area (Å²) in [6.07, 6.45) is 1.63. The molecule has 1 aromatic heterocycles. The number of para-hydroxylation sites is 1. The Labute approximate surface area is 200 Å². The quantitative estimate of drug-likeness (QED) is 0.186. The summed E-state index contributed by atoms with van der Waals surface area (Å²) in [5.74, 6) is -0.523. The lowest BCUT2D eigenvalue weighted by Gasteiger charge is -2.11. The number of thiophene rings is 1. The number of hydrogen-bond donors (Lipinski definition) is 2. The topological polar surface area (TPSA) is 87.6 Å². The summed E-state index contributed by atoms with van der Waals surface area (Å²) in [6, 6.07) is 27.7. The summed E-state index contributed by atoms with van der Waals surface area (Å²) in [5.41, 5.74) is 3.77. The number of hydrogen-bond acceptors (Lipinski definition) is 5. The first-order valence-electron chi connectivity index (χ1n) is 10.4. The van der Waals surface area contributed by atoms with Crippen molar-refractivity contribution >= 4 is 60.7 Å². The molecule has 5 rings (SSSR count). The highest BCUT2D eigenvalue weighted by Crippen LogP contribution is 2.27. The van der Waals surface area contributed by atoms with Crippen LogP contribution < -0.4 is 10.1 Å². The van der Waals surface area contributed by atoms with E-state index < -0.39 is 15.9 Å². The summed E-state index contributed by atoms with van der Waals surface area (Å²) >= 11 is 1.10. The molecule has 0 aliphatic heterocycles. The van der Waals surface area contributed by atoms with E-state index in [2.05, 4.69) is 21.3 Å². The van der Waals surface area contributed by atoms with Crippen molar-refractivity contribution in [2.24, 2.45) is 5.10 Å². The second kappa shape index (κ2) is 9.09. The van der Waals surface area contributed by atoms with Gasteiger partial charge < -0.3 is 0 Å². The molecule has 0 radical (unpaired) electrons. The van der Waals surface area contributed by atoms with Crippen LogP contribution in [0.1, 0.15) is 15.9 Å². The van der Waals surface area contributed by atoms with Crippen molar-refractivity contribution in [3.8, 4) is 0 Å². The van der Waals surface area contributed by atoms with Gasteiger partial charge in [0.2, 0.25) is 0 Å². The van der Waals surface area contributed by atoms with Crippen LogP contribution in [0.2, 0.25) is 0 Å². The van der Waals surface area contributed by atoms with Crippen LogP contribution in [0.5, 0.6) is 0 Å². The van der Waals surface area contributed by atoms with Crippen LogP contribution >= 0.6 is 11.3 Å². The van der Waals surface area contributed by atoms with Gasteiger partial charge in [0.1, 0.15) is 4.21 Å². The van der Waals surface area contributed by atoms with Crippen molar-refractivity contribution < 1.29 is 13.2 Å². The number of benzene rings is 4. The second-order valence-electron chi connectivity index (χ2n) is 7.51. The maximum absolute atomic E-state index is 12.9. The first-order chi connectivity index (χ1) is 16.5. The van der Waals surface area contributed by atoms with Crippen LogP contribution in [-0.2, 0) is 10.0 Å². The van der Waals surface area contributed by atoms with E-state index in [1.165, 1.54) is 6.07 Å². The van der Waals surface area contributed by atoms with E-state index in [-0.39, 0.29) is 15.5 Å². The number of carbonyl (C=O) groups is 1. The predicted octanol–water partition coefficient (Wildman–Crippen LogP) is 5.62. The number of fused-ring (bicyclic) bond motifs is 2. The van der Waals surface area contributed by atoms with Crippen LogP contribution in [0.25, 0.3) is 21.5 Å². The third-order valence-corrected chi connectivity index (χ3v) is 8.11. The molecule has 2 N–H and O–H groups in total. The Balaban J connectivity index is 1.44. The zero-order valence-electron chi connectivity index (χ0n) is 17.8. The SMILES string of the molecule is O=C(N/N=C\c1c2ccccc2cc2ccccc12)c1ccccc1NS(=O)(=O)c1cccs1. The van der Waals surface area contributed by atoms with Crippen molar-refractivity contribution in [3.63, 3.8) is 0 Å². The number of carbonyl (C=O) groups excluding carboxylic acids is 1. The summed E-state index contributed by atoms with van der Waals surface area (Å²) in [5, 5.41) is 10.1. The normalized spacial score (nSPS) is 11.8. The molecular weight excluding hydrogens is 466 g/mol. The highest BCUT2D eigenvalue weighted by Gasteiger charge is 2.19. The third kappa shape index (κ3) is 4.28. The van der Waals surface area contributed by atoms with Crippen LogP contribution in [0.15, 0.2) is 106 Å². The number of rotatable bonds is 6. The van der Waals surface area contributed by atoms with Gasteiger partial charge in [-0.3, -0.25) is 9.52 Å². The largest absolute Gasteiger partial charge is 0.278 e. The molecule has 0 atom stereocenters. The van der Waals surface area contributed by atoms with E-state index in [9.17, 15) is 13.2 Å². The molecule has 4 aromatic carbocycles. The first kappa shape index (κ1) is 21.8. The minimum Gasteiger partial charge on any atom is -0.278 e. The Morgan fingerprint density at radius 1 is 0.824 bits per heavy atom. The number of hydrazone groups is 1. The van der Waals surface area contributed by atoms with Crippen molar-refractivity contribution in [2.75, 3.05) is 4.72 Å². The van der Waals surface area contributed by atoms with Gasteiger partial charge in [0.15, 0.2) is 0 Å². The summed E-state index contributed by atoms with van der Waals surface area (Å²) in [7, 11) is -3.79. The van der Waals surface area contributed by atoms with E-state index in [0.29, 0.717) is 0 Å². The monoisotopic (exact) mass is 485 g/mol. The lowest BCUT2D eigenvalue weighted by Crippen LogP contribution is -2.21. The van der Waals surface area contributed by atoms with Crippen molar-refractivity contribution in [1.82, 2.24) is 5.43 Å². The van der Waals surface area contributed by atoms with Crippen LogP contribution in [0, 0.1) is 0 Å². The standard InChI is InChI=1S/C26H19N3O3S2/c30-26(22-12-5-6-13-24(22)29-34(31,32)25-14-7-15-33-25)28-27-17-23-20-10-3-1-8-18(20)16-19-9-2-4-11-21(19)23/h1-17,29H,(H,28,30)/b27-17-. The summed E-state index contributed by atoms with van der Waals surface area (Å²) < 4.78 is 27.9. The van der Waals surface area contributed by atoms with Crippen LogP contribution in [-0.4, -0.2) is 20.5 Å². The van der Waals surface area contributed by atoms with Gasteiger partial charge >= 0.3 is 0 Å². The van der Waals surface area contributed by atoms with Gasteiger partial charge in [0, 0.05) is 5.56 Å². The third-order valence-electron chi connectivity index (χ3n) is 5.35. The first-order valence-corrected chi connectivity index (χ1v) is 12.8. The molecule has 0 aliphatic rings. The maximum atomic E-state index is 12.9. The number of nitrogens with zero attached hydrogens (tertiary/aromatic N) is 1. The number of nitrogens with one attached hydrogen (secondary N) is 2.